The van der Waals surface area contributed by atoms with Gasteiger partial charge in [0.25, 0.3) is 0 Å². The SMILES string of the molecule is COC(=O)c1sccc1S(=O)(=O)Oc1c(Cl)cc(Cl)cc1C(C)=O. The van der Waals surface area contributed by atoms with E-state index in [4.69, 9.17) is 27.4 Å². The predicted molar refractivity (Wildman–Crippen MR) is 89.9 cm³/mol. The van der Waals surface area contributed by atoms with Crippen molar-refractivity contribution in [3.8, 4) is 5.75 Å². The van der Waals surface area contributed by atoms with E-state index in [0.717, 1.165) is 18.4 Å². The van der Waals surface area contributed by atoms with E-state index in [-0.39, 0.29) is 31.1 Å². The number of methoxy groups -OCH3 is 1. The number of rotatable bonds is 5. The predicted octanol–water partition coefficient (Wildman–Crippen LogP) is 3.81. The van der Waals surface area contributed by atoms with E-state index in [0.29, 0.717) is 0 Å². The highest BCUT2D eigenvalue weighted by Gasteiger charge is 2.29. The minimum Gasteiger partial charge on any atom is -0.465 e. The van der Waals surface area contributed by atoms with Crippen molar-refractivity contribution in [1.29, 1.82) is 0 Å². The van der Waals surface area contributed by atoms with Gasteiger partial charge in [-0.1, -0.05) is 23.2 Å². The van der Waals surface area contributed by atoms with Crippen molar-refractivity contribution < 1.29 is 26.9 Å². The Morgan fingerprint density at radius 3 is 2.46 bits per heavy atom. The fourth-order valence-electron chi connectivity index (χ4n) is 1.80. The smallest absolute Gasteiger partial charge is 0.349 e. The van der Waals surface area contributed by atoms with Crippen LogP contribution in [0.5, 0.6) is 5.75 Å². The topological polar surface area (TPSA) is 86.7 Å². The van der Waals surface area contributed by atoms with E-state index < -0.39 is 21.9 Å². The Hall–Kier alpha value is -1.61. The fourth-order valence-corrected chi connectivity index (χ4v) is 4.65. The molecule has 0 atom stereocenters. The van der Waals surface area contributed by atoms with Crippen LogP contribution < -0.4 is 4.18 Å². The fraction of sp³-hybridized carbons (Fsp3) is 0.143. The number of Topliss-reactive ketones (excluding diaryl/α,β-unsaturated/α-hetero) is 1. The highest BCUT2D eigenvalue weighted by atomic mass is 35.5. The zero-order valence-corrected chi connectivity index (χ0v) is 15.5. The van der Waals surface area contributed by atoms with Crippen LogP contribution in [0.1, 0.15) is 27.0 Å². The summed E-state index contributed by atoms with van der Waals surface area (Å²) in [6.07, 6.45) is 0. The molecule has 128 valence electrons. The van der Waals surface area contributed by atoms with Crippen LogP contribution in [0.3, 0.4) is 0 Å². The number of benzene rings is 1. The van der Waals surface area contributed by atoms with Crippen LogP contribution in [0.15, 0.2) is 28.5 Å². The van der Waals surface area contributed by atoms with Gasteiger partial charge in [0.05, 0.1) is 17.7 Å². The van der Waals surface area contributed by atoms with Gasteiger partial charge in [0.2, 0.25) is 0 Å². The van der Waals surface area contributed by atoms with Crippen molar-refractivity contribution in [3.63, 3.8) is 0 Å². The molecule has 0 spiro atoms. The number of ketones is 1. The number of halogens is 2. The summed E-state index contributed by atoms with van der Waals surface area (Å²) in [5.74, 6) is -1.65. The maximum Gasteiger partial charge on any atom is 0.349 e. The normalized spacial score (nSPS) is 11.2. The van der Waals surface area contributed by atoms with Crippen molar-refractivity contribution in [1.82, 2.24) is 0 Å². The first-order valence-corrected chi connectivity index (χ1v) is 9.32. The Kier molecular flexibility index (Phi) is 5.54. The lowest BCUT2D eigenvalue weighted by atomic mass is 10.1. The summed E-state index contributed by atoms with van der Waals surface area (Å²) < 4.78 is 34.5. The molecule has 24 heavy (non-hydrogen) atoms. The lowest BCUT2D eigenvalue weighted by Crippen LogP contribution is -2.15. The van der Waals surface area contributed by atoms with E-state index in [9.17, 15) is 18.0 Å². The number of thiophene rings is 1. The largest absolute Gasteiger partial charge is 0.465 e. The number of ether oxygens (including phenoxy) is 1. The second-order valence-electron chi connectivity index (χ2n) is 4.46. The average Bonchev–Trinajstić information content (AvgIpc) is 2.99. The Morgan fingerprint density at radius 1 is 1.21 bits per heavy atom. The molecule has 2 aromatic rings. The molecule has 6 nitrogen and oxygen atoms in total. The molecule has 0 radical (unpaired) electrons. The third kappa shape index (κ3) is 3.72. The highest BCUT2D eigenvalue weighted by Crippen LogP contribution is 2.35. The van der Waals surface area contributed by atoms with Gasteiger partial charge in [-0.3, -0.25) is 4.79 Å². The summed E-state index contributed by atoms with van der Waals surface area (Å²) >= 11 is 12.7. The van der Waals surface area contributed by atoms with Gasteiger partial charge in [0.15, 0.2) is 11.5 Å². The molecule has 0 fully saturated rings. The molecule has 0 aliphatic heterocycles. The van der Waals surface area contributed by atoms with Gasteiger partial charge in [0.1, 0.15) is 9.77 Å². The van der Waals surface area contributed by atoms with Crippen molar-refractivity contribution >= 4 is 56.4 Å². The lowest BCUT2D eigenvalue weighted by Gasteiger charge is -2.12. The van der Waals surface area contributed by atoms with Crippen LogP contribution in [0.4, 0.5) is 0 Å². The standard InChI is InChI=1S/C14H10Cl2O6S2/c1-7(17)9-5-8(15)6-10(16)12(9)22-24(19,20)11-3-4-23-13(11)14(18)21-2/h3-6H,1-2H3. The van der Waals surface area contributed by atoms with Crippen molar-refractivity contribution in [2.24, 2.45) is 0 Å². The summed E-state index contributed by atoms with van der Waals surface area (Å²) in [5, 5.41) is 1.41. The quantitative estimate of drug-likeness (QED) is 0.424. The summed E-state index contributed by atoms with van der Waals surface area (Å²) in [6, 6.07) is 3.69. The van der Waals surface area contributed by atoms with Gasteiger partial charge in [-0.05, 0) is 30.5 Å². The van der Waals surface area contributed by atoms with Gasteiger partial charge < -0.3 is 8.92 Å². The molecule has 0 N–H and O–H groups in total. The molecule has 0 aliphatic rings. The number of carbonyl (C=O) groups is 2. The molecule has 0 amide bonds. The second kappa shape index (κ2) is 7.10. The summed E-state index contributed by atoms with van der Waals surface area (Å²) in [5.41, 5.74) is -0.0917. The molecule has 1 aromatic heterocycles. The first-order valence-electron chi connectivity index (χ1n) is 6.27. The van der Waals surface area contributed by atoms with Crippen LogP contribution in [0.25, 0.3) is 0 Å². The van der Waals surface area contributed by atoms with Gasteiger partial charge in [0, 0.05) is 5.02 Å². The Morgan fingerprint density at radius 2 is 1.88 bits per heavy atom. The molecule has 0 saturated carbocycles. The van der Waals surface area contributed by atoms with E-state index in [1.165, 1.54) is 30.5 Å². The minimum atomic E-state index is -4.42. The molecule has 1 heterocycles. The van der Waals surface area contributed by atoms with Crippen molar-refractivity contribution in [2.45, 2.75) is 11.8 Å². The maximum absolute atomic E-state index is 12.5. The van der Waals surface area contributed by atoms with E-state index >= 15 is 0 Å². The highest BCUT2D eigenvalue weighted by molar-refractivity contribution is 7.87. The Bertz CT molecular complexity index is 917. The molecule has 1 aromatic carbocycles. The molecule has 0 aliphatic carbocycles. The molecule has 0 bridgehead atoms. The van der Waals surface area contributed by atoms with E-state index in [2.05, 4.69) is 4.74 Å². The number of carbonyl (C=O) groups excluding carboxylic acids is 2. The van der Waals surface area contributed by atoms with E-state index in [1.54, 1.807) is 0 Å². The maximum atomic E-state index is 12.5. The minimum absolute atomic E-state index is 0.0917. The van der Waals surface area contributed by atoms with Crippen LogP contribution in [0, 0.1) is 0 Å². The van der Waals surface area contributed by atoms with E-state index in [1.807, 2.05) is 0 Å². The summed E-state index contributed by atoms with van der Waals surface area (Å²) in [4.78, 5) is 22.8. The first-order chi connectivity index (χ1) is 11.2. The van der Waals surface area contributed by atoms with Crippen LogP contribution in [0.2, 0.25) is 10.0 Å². The molecular weight excluding hydrogens is 399 g/mol. The molecular formula is C14H10Cl2O6S2. The van der Waals surface area contributed by atoms with Crippen molar-refractivity contribution in [2.75, 3.05) is 7.11 Å². The van der Waals surface area contributed by atoms with Gasteiger partial charge in [-0.2, -0.15) is 8.42 Å². The monoisotopic (exact) mass is 408 g/mol. The number of hydrogen-bond donors (Lipinski definition) is 0. The Labute approximate surface area is 152 Å². The molecule has 0 saturated heterocycles. The first kappa shape index (κ1) is 18.7. The van der Waals surface area contributed by atoms with Crippen LogP contribution in [-0.2, 0) is 14.9 Å². The van der Waals surface area contributed by atoms with Gasteiger partial charge in [-0.25, -0.2) is 4.79 Å². The van der Waals surface area contributed by atoms with Gasteiger partial charge in [-0.15, -0.1) is 11.3 Å². The van der Waals surface area contributed by atoms with Crippen LogP contribution in [-0.4, -0.2) is 27.3 Å². The zero-order chi connectivity index (χ0) is 18.1. The number of esters is 1. The molecule has 2 rings (SSSR count). The average molecular weight is 409 g/mol. The molecule has 0 unspecified atom stereocenters. The Balaban J connectivity index is 2.54. The van der Waals surface area contributed by atoms with Gasteiger partial charge >= 0.3 is 16.1 Å². The lowest BCUT2D eigenvalue weighted by molar-refractivity contribution is 0.0602. The third-order valence-corrected chi connectivity index (χ3v) is 5.64. The van der Waals surface area contributed by atoms with Crippen molar-refractivity contribution in [3.05, 3.63) is 44.1 Å². The molecule has 10 heteroatoms. The van der Waals surface area contributed by atoms with Crippen LogP contribution >= 0.6 is 34.5 Å². The summed E-state index contributed by atoms with van der Waals surface area (Å²) in [7, 11) is -3.29. The number of hydrogen-bond acceptors (Lipinski definition) is 7. The third-order valence-electron chi connectivity index (χ3n) is 2.85. The summed E-state index contributed by atoms with van der Waals surface area (Å²) in [6.45, 7) is 1.21. The zero-order valence-electron chi connectivity index (χ0n) is 12.3. The second-order valence-corrected chi connectivity index (χ2v) is 7.74.